The molecule has 0 aliphatic heterocycles. The van der Waals surface area contributed by atoms with Crippen LogP contribution in [-0.4, -0.2) is 9.97 Å². The normalized spacial score (nSPS) is 10.4. The number of anilines is 2. The number of thioether (sulfide) groups is 1. The third-order valence-corrected chi connectivity index (χ3v) is 6.39. The van der Waals surface area contributed by atoms with Crippen LogP contribution in [0.4, 0.5) is 10.9 Å². The number of aromatic nitrogens is 2. The van der Waals surface area contributed by atoms with Gasteiger partial charge in [-0.3, -0.25) is 0 Å². The van der Waals surface area contributed by atoms with Crippen molar-refractivity contribution in [3.8, 4) is 5.75 Å². The molecule has 160 valence electrons. The molecule has 0 fully saturated rings. The largest absolute Gasteiger partial charge is 0.485 e. The Labute approximate surface area is 201 Å². The van der Waals surface area contributed by atoms with E-state index in [1.165, 1.54) is 5.56 Å². The minimum absolute atomic E-state index is 0. The Kier molecular flexibility index (Phi) is 8.60. The number of pyridine rings is 1. The third kappa shape index (κ3) is 6.87. The molecule has 31 heavy (non-hydrogen) atoms. The molecule has 0 unspecified atom stereocenters. The van der Waals surface area contributed by atoms with Crippen LogP contribution >= 0.6 is 47.1 Å². The molecule has 2 aromatic heterocycles. The summed E-state index contributed by atoms with van der Waals surface area (Å²) in [4.78, 5) is 10.1. The van der Waals surface area contributed by atoms with Crippen LogP contribution in [0.2, 0.25) is 5.02 Å². The van der Waals surface area contributed by atoms with E-state index in [9.17, 15) is 0 Å². The molecule has 2 aromatic carbocycles. The van der Waals surface area contributed by atoms with Gasteiger partial charge in [0.25, 0.3) is 0 Å². The average molecular weight is 490 g/mol. The second kappa shape index (κ2) is 11.4. The predicted molar refractivity (Wildman–Crippen MR) is 133 cm³/mol. The van der Waals surface area contributed by atoms with E-state index in [1.807, 2.05) is 79.2 Å². The number of thiazole rings is 1. The van der Waals surface area contributed by atoms with E-state index < -0.39 is 0 Å². The fourth-order valence-corrected chi connectivity index (χ4v) is 4.36. The van der Waals surface area contributed by atoms with Crippen LogP contribution in [0.5, 0.6) is 5.75 Å². The fourth-order valence-electron chi connectivity index (χ4n) is 2.70. The van der Waals surface area contributed by atoms with Crippen molar-refractivity contribution in [3.05, 3.63) is 94.1 Å². The van der Waals surface area contributed by atoms with Crippen LogP contribution in [0.1, 0.15) is 16.8 Å². The standard InChI is InChI=1S/C23H20ClN3OS2.ClH/c1-16-14-30-23(26-16)27-22-21(28-13-17-5-3-2-4-6-17)11-20(12-25-22)29-15-18-7-9-19(24)10-8-18;/h2-12,14H,13,15H2,1H3,(H,25,26,27);1H. The first-order valence-electron chi connectivity index (χ1n) is 9.39. The van der Waals surface area contributed by atoms with Crippen LogP contribution in [-0.2, 0) is 12.4 Å². The van der Waals surface area contributed by atoms with Gasteiger partial charge in [0.05, 0.1) is 5.69 Å². The van der Waals surface area contributed by atoms with E-state index in [2.05, 4.69) is 15.3 Å². The summed E-state index contributed by atoms with van der Waals surface area (Å²) in [7, 11) is 0. The van der Waals surface area contributed by atoms with Crippen molar-refractivity contribution in [2.45, 2.75) is 24.2 Å². The Hall–Kier alpha value is -2.25. The molecule has 0 aliphatic rings. The Morgan fingerprint density at radius 3 is 2.55 bits per heavy atom. The molecule has 4 aromatic rings. The van der Waals surface area contributed by atoms with Crippen molar-refractivity contribution in [2.75, 3.05) is 5.32 Å². The number of nitrogens with zero attached hydrogens (tertiary/aromatic N) is 2. The monoisotopic (exact) mass is 489 g/mol. The molecule has 4 rings (SSSR count). The number of aryl methyl sites for hydroxylation is 1. The lowest BCUT2D eigenvalue weighted by Gasteiger charge is -2.13. The van der Waals surface area contributed by atoms with E-state index >= 15 is 0 Å². The van der Waals surface area contributed by atoms with Crippen molar-refractivity contribution < 1.29 is 4.74 Å². The zero-order valence-electron chi connectivity index (χ0n) is 16.7. The van der Waals surface area contributed by atoms with Gasteiger partial charge in [0.2, 0.25) is 0 Å². The van der Waals surface area contributed by atoms with Gasteiger partial charge in [-0.2, -0.15) is 0 Å². The van der Waals surface area contributed by atoms with Gasteiger partial charge < -0.3 is 10.1 Å². The maximum absolute atomic E-state index is 6.13. The molecule has 0 atom stereocenters. The van der Waals surface area contributed by atoms with E-state index in [1.54, 1.807) is 23.1 Å². The number of hydrogen-bond donors (Lipinski definition) is 1. The number of halogens is 2. The Bertz CT molecular complexity index is 1110. The lowest BCUT2D eigenvalue weighted by Crippen LogP contribution is -2.01. The lowest BCUT2D eigenvalue weighted by molar-refractivity contribution is 0.306. The van der Waals surface area contributed by atoms with E-state index in [-0.39, 0.29) is 12.4 Å². The van der Waals surface area contributed by atoms with Crippen molar-refractivity contribution in [1.29, 1.82) is 0 Å². The van der Waals surface area contributed by atoms with Gasteiger partial charge in [-0.1, -0.05) is 54.1 Å². The van der Waals surface area contributed by atoms with Gasteiger partial charge in [0.1, 0.15) is 6.61 Å². The third-order valence-electron chi connectivity index (χ3n) is 4.23. The zero-order valence-corrected chi connectivity index (χ0v) is 20.0. The van der Waals surface area contributed by atoms with Crippen LogP contribution in [0.3, 0.4) is 0 Å². The van der Waals surface area contributed by atoms with Gasteiger partial charge in [-0.25, -0.2) is 9.97 Å². The molecule has 0 spiro atoms. The highest BCUT2D eigenvalue weighted by molar-refractivity contribution is 7.98. The number of rotatable bonds is 8. The van der Waals surface area contributed by atoms with Gasteiger partial charge in [-0.15, -0.1) is 35.5 Å². The van der Waals surface area contributed by atoms with Gasteiger partial charge in [0.15, 0.2) is 16.7 Å². The maximum atomic E-state index is 6.13. The molecule has 0 saturated carbocycles. The molecule has 2 heterocycles. The quantitative estimate of drug-likeness (QED) is 0.259. The molecule has 0 radical (unpaired) electrons. The van der Waals surface area contributed by atoms with E-state index in [0.29, 0.717) is 18.2 Å². The minimum atomic E-state index is 0. The Balaban J connectivity index is 0.00000272. The van der Waals surface area contributed by atoms with Crippen molar-refractivity contribution in [2.24, 2.45) is 0 Å². The van der Waals surface area contributed by atoms with Crippen LogP contribution < -0.4 is 10.1 Å². The highest BCUT2D eigenvalue weighted by atomic mass is 35.5. The number of benzene rings is 2. The summed E-state index contributed by atoms with van der Waals surface area (Å²) in [6.45, 7) is 2.44. The number of nitrogens with one attached hydrogen (secondary N) is 1. The average Bonchev–Trinajstić information content (AvgIpc) is 3.18. The predicted octanol–water partition coefficient (Wildman–Crippen LogP) is 7.54. The van der Waals surface area contributed by atoms with Crippen molar-refractivity contribution in [1.82, 2.24) is 9.97 Å². The molecular weight excluding hydrogens is 469 g/mol. The van der Waals surface area contributed by atoms with Crippen molar-refractivity contribution in [3.63, 3.8) is 0 Å². The van der Waals surface area contributed by atoms with Crippen molar-refractivity contribution >= 4 is 58.1 Å². The fraction of sp³-hybridized carbons (Fsp3) is 0.130. The highest BCUT2D eigenvalue weighted by Gasteiger charge is 2.11. The summed E-state index contributed by atoms with van der Waals surface area (Å²) in [6.07, 6.45) is 1.86. The van der Waals surface area contributed by atoms with E-state index in [4.69, 9.17) is 16.3 Å². The molecule has 0 amide bonds. The molecule has 8 heteroatoms. The first kappa shape index (κ1) is 23.4. The zero-order chi connectivity index (χ0) is 20.8. The first-order chi connectivity index (χ1) is 14.7. The summed E-state index contributed by atoms with van der Waals surface area (Å²) < 4.78 is 6.13. The molecule has 0 saturated heterocycles. The number of ether oxygens (including phenoxy) is 1. The first-order valence-corrected chi connectivity index (χ1v) is 11.6. The summed E-state index contributed by atoms with van der Waals surface area (Å²) in [5.41, 5.74) is 3.29. The maximum Gasteiger partial charge on any atom is 0.188 e. The molecule has 4 nitrogen and oxygen atoms in total. The SMILES string of the molecule is Cc1csc(Nc2ncc(SCc3ccc(Cl)cc3)cc2OCc2ccccc2)n1.Cl. The second-order valence-electron chi connectivity index (χ2n) is 6.63. The van der Waals surface area contributed by atoms with E-state index in [0.717, 1.165) is 32.1 Å². The number of hydrogen-bond acceptors (Lipinski definition) is 6. The molecule has 1 N–H and O–H groups in total. The smallest absolute Gasteiger partial charge is 0.188 e. The van der Waals surface area contributed by atoms with Gasteiger partial charge in [-0.05, 0) is 36.2 Å². The summed E-state index contributed by atoms with van der Waals surface area (Å²) in [6, 6.07) is 20.0. The van der Waals surface area contributed by atoms with Crippen LogP contribution in [0, 0.1) is 6.92 Å². The van der Waals surface area contributed by atoms with Gasteiger partial charge in [0, 0.05) is 27.2 Å². The molecule has 0 bridgehead atoms. The molecular formula is C23H21Cl2N3OS2. The van der Waals surface area contributed by atoms with Crippen LogP contribution in [0.25, 0.3) is 0 Å². The second-order valence-corrected chi connectivity index (χ2v) is 8.97. The molecule has 0 aliphatic carbocycles. The van der Waals surface area contributed by atoms with Crippen LogP contribution in [0.15, 0.2) is 77.1 Å². The highest BCUT2D eigenvalue weighted by Crippen LogP contribution is 2.33. The summed E-state index contributed by atoms with van der Waals surface area (Å²) in [5, 5.41) is 6.83. The van der Waals surface area contributed by atoms with Gasteiger partial charge >= 0.3 is 0 Å². The minimum Gasteiger partial charge on any atom is -0.485 e. The topological polar surface area (TPSA) is 47.0 Å². The summed E-state index contributed by atoms with van der Waals surface area (Å²) >= 11 is 9.23. The lowest BCUT2D eigenvalue weighted by atomic mass is 10.2. The summed E-state index contributed by atoms with van der Waals surface area (Å²) in [5.74, 6) is 2.19. The Morgan fingerprint density at radius 1 is 1.06 bits per heavy atom. The Morgan fingerprint density at radius 2 is 1.84 bits per heavy atom.